The van der Waals surface area contributed by atoms with Crippen LogP contribution >= 0.6 is 0 Å². The Morgan fingerprint density at radius 1 is 0.500 bits per heavy atom. The Morgan fingerprint density at radius 2 is 0.769 bits per heavy atom. The van der Waals surface area contributed by atoms with Gasteiger partial charge in [-0.3, -0.25) is 0 Å². The predicted octanol–water partition coefficient (Wildman–Crippen LogP) is 5.59. The van der Waals surface area contributed by atoms with Crippen LogP contribution in [0.2, 0.25) is 0 Å². The van der Waals surface area contributed by atoms with Crippen LogP contribution in [0.4, 0.5) is 17.6 Å². The van der Waals surface area contributed by atoms with Crippen LogP contribution in [0.15, 0.2) is 48.5 Å². The Bertz CT molecular complexity index is 828. The van der Waals surface area contributed by atoms with Gasteiger partial charge in [0.1, 0.15) is 11.5 Å². The van der Waals surface area contributed by atoms with Gasteiger partial charge < -0.3 is 9.47 Å². The van der Waals surface area contributed by atoms with Gasteiger partial charge in [-0.05, 0) is 35.4 Å². The number of rotatable bonds is 4. The molecule has 0 bridgehead atoms. The maximum absolute atomic E-state index is 14.6. The fourth-order valence-corrected chi connectivity index (χ4v) is 2.65. The zero-order chi connectivity index (χ0) is 18.8. The first-order chi connectivity index (χ1) is 12.5. The zero-order valence-electron chi connectivity index (χ0n) is 13.9. The zero-order valence-corrected chi connectivity index (χ0v) is 13.9. The van der Waals surface area contributed by atoms with Gasteiger partial charge in [0.2, 0.25) is 0 Å². The first kappa shape index (κ1) is 17.8. The molecule has 0 saturated carbocycles. The van der Waals surface area contributed by atoms with E-state index in [1.807, 2.05) is 0 Å². The van der Waals surface area contributed by atoms with Crippen LogP contribution < -0.4 is 9.47 Å². The molecule has 3 aromatic rings. The lowest BCUT2D eigenvalue weighted by Gasteiger charge is -2.13. The molecule has 0 N–H and O–H groups in total. The maximum atomic E-state index is 14.6. The van der Waals surface area contributed by atoms with Crippen LogP contribution in [0.1, 0.15) is 0 Å². The van der Waals surface area contributed by atoms with Crippen molar-refractivity contribution in [1.82, 2.24) is 0 Å². The minimum atomic E-state index is -1.46. The Balaban J connectivity index is 2.17. The lowest BCUT2D eigenvalue weighted by molar-refractivity contribution is 0.414. The van der Waals surface area contributed by atoms with Gasteiger partial charge in [0.25, 0.3) is 0 Å². The molecule has 0 heterocycles. The van der Waals surface area contributed by atoms with E-state index < -0.39 is 34.4 Å². The van der Waals surface area contributed by atoms with Crippen LogP contribution in [-0.4, -0.2) is 14.2 Å². The molecule has 0 fully saturated rings. The third kappa shape index (κ3) is 2.98. The highest BCUT2D eigenvalue weighted by Gasteiger charge is 2.27. The van der Waals surface area contributed by atoms with E-state index in [9.17, 15) is 17.6 Å². The van der Waals surface area contributed by atoms with Gasteiger partial charge in [-0.25, -0.2) is 17.6 Å². The largest absolute Gasteiger partial charge is 0.497 e. The first-order valence-electron chi connectivity index (χ1n) is 7.62. The molecule has 0 unspecified atom stereocenters. The molecule has 0 amide bonds. The predicted molar refractivity (Wildman–Crippen MR) is 90.3 cm³/mol. The summed E-state index contributed by atoms with van der Waals surface area (Å²) in [5.74, 6) is -4.93. The molecule has 134 valence electrons. The average Bonchev–Trinajstić information content (AvgIpc) is 2.68. The Kier molecular flexibility index (Phi) is 4.84. The van der Waals surface area contributed by atoms with E-state index in [2.05, 4.69) is 0 Å². The van der Waals surface area contributed by atoms with Crippen molar-refractivity contribution in [2.75, 3.05) is 14.2 Å². The Labute approximate surface area is 147 Å². The summed E-state index contributed by atoms with van der Waals surface area (Å²) >= 11 is 0. The Morgan fingerprint density at radius 3 is 1.00 bits per heavy atom. The van der Waals surface area contributed by atoms with Crippen molar-refractivity contribution >= 4 is 0 Å². The van der Waals surface area contributed by atoms with Crippen molar-refractivity contribution in [2.24, 2.45) is 0 Å². The lowest BCUT2D eigenvalue weighted by Crippen LogP contribution is -2.03. The van der Waals surface area contributed by atoms with Gasteiger partial charge in [-0.15, -0.1) is 0 Å². The van der Waals surface area contributed by atoms with E-state index >= 15 is 0 Å². The van der Waals surface area contributed by atoms with Gasteiger partial charge in [0.15, 0.2) is 23.3 Å². The van der Waals surface area contributed by atoms with Gasteiger partial charge >= 0.3 is 0 Å². The molecule has 26 heavy (non-hydrogen) atoms. The molecule has 0 aliphatic carbocycles. The Hall–Kier alpha value is -3.02. The van der Waals surface area contributed by atoms with Crippen LogP contribution in [0, 0.1) is 23.3 Å². The molecule has 0 aliphatic rings. The fraction of sp³-hybridized carbons (Fsp3) is 0.100. The van der Waals surface area contributed by atoms with Crippen molar-refractivity contribution in [1.29, 1.82) is 0 Å². The number of hydrogen-bond donors (Lipinski definition) is 0. The summed E-state index contributed by atoms with van der Waals surface area (Å²) in [5.41, 5.74) is -1.53. The van der Waals surface area contributed by atoms with E-state index in [1.165, 1.54) is 62.8 Å². The van der Waals surface area contributed by atoms with Crippen molar-refractivity contribution in [3.8, 4) is 33.8 Å². The van der Waals surface area contributed by atoms with Gasteiger partial charge in [-0.2, -0.15) is 0 Å². The fourth-order valence-electron chi connectivity index (χ4n) is 2.65. The molecule has 6 heteroatoms. The molecular formula is C20H14F4O2. The second kappa shape index (κ2) is 7.07. The number of hydrogen-bond acceptors (Lipinski definition) is 2. The summed E-state index contributed by atoms with van der Waals surface area (Å²) in [6, 6.07) is 11.1. The normalized spacial score (nSPS) is 10.7. The van der Waals surface area contributed by atoms with Crippen LogP contribution in [0.5, 0.6) is 11.5 Å². The van der Waals surface area contributed by atoms with Gasteiger partial charge in [-0.1, -0.05) is 24.3 Å². The molecular weight excluding hydrogens is 348 g/mol. The smallest absolute Gasteiger partial charge is 0.170 e. The molecule has 0 spiro atoms. The van der Waals surface area contributed by atoms with Gasteiger partial charge in [0, 0.05) is 0 Å². The summed E-state index contributed by atoms with van der Waals surface area (Å²) in [6.45, 7) is 0. The molecule has 0 aromatic heterocycles. The van der Waals surface area contributed by atoms with E-state index in [0.717, 1.165) is 0 Å². The third-order valence-electron chi connectivity index (χ3n) is 4.02. The highest BCUT2D eigenvalue weighted by Crippen LogP contribution is 2.37. The first-order valence-corrected chi connectivity index (χ1v) is 7.62. The van der Waals surface area contributed by atoms with Crippen LogP contribution in [-0.2, 0) is 0 Å². The summed E-state index contributed by atoms with van der Waals surface area (Å²) in [7, 11) is 2.86. The average molecular weight is 362 g/mol. The summed E-state index contributed by atoms with van der Waals surface area (Å²) in [4.78, 5) is 0. The van der Waals surface area contributed by atoms with E-state index in [4.69, 9.17) is 9.47 Å². The summed E-state index contributed by atoms with van der Waals surface area (Å²) in [6.07, 6.45) is 0. The minimum Gasteiger partial charge on any atom is -0.497 e. The number of methoxy groups -OCH3 is 2. The second-order valence-corrected chi connectivity index (χ2v) is 5.46. The second-order valence-electron chi connectivity index (χ2n) is 5.46. The molecule has 2 nitrogen and oxygen atoms in total. The third-order valence-corrected chi connectivity index (χ3v) is 4.02. The topological polar surface area (TPSA) is 18.5 Å². The molecule has 3 aromatic carbocycles. The molecule has 3 rings (SSSR count). The molecule has 0 radical (unpaired) electrons. The van der Waals surface area contributed by atoms with Crippen molar-refractivity contribution in [3.05, 3.63) is 71.8 Å². The number of halogens is 4. The lowest BCUT2D eigenvalue weighted by atomic mass is 9.97. The van der Waals surface area contributed by atoms with Crippen molar-refractivity contribution in [3.63, 3.8) is 0 Å². The van der Waals surface area contributed by atoms with Crippen LogP contribution in [0.25, 0.3) is 22.3 Å². The van der Waals surface area contributed by atoms with Crippen LogP contribution in [0.3, 0.4) is 0 Å². The van der Waals surface area contributed by atoms with Crippen molar-refractivity contribution in [2.45, 2.75) is 0 Å². The maximum Gasteiger partial charge on any atom is 0.170 e. The van der Waals surface area contributed by atoms with E-state index in [0.29, 0.717) is 11.5 Å². The minimum absolute atomic E-state index is 0.000110. The summed E-state index contributed by atoms with van der Waals surface area (Å²) < 4.78 is 68.2. The number of benzene rings is 3. The van der Waals surface area contributed by atoms with E-state index in [1.54, 1.807) is 0 Å². The molecule has 0 aliphatic heterocycles. The number of ether oxygens (including phenoxy) is 2. The highest BCUT2D eigenvalue weighted by molar-refractivity contribution is 5.73. The summed E-state index contributed by atoms with van der Waals surface area (Å²) in [5, 5.41) is 0. The highest BCUT2D eigenvalue weighted by atomic mass is 19.2. The standard InChI is InChI=1S/C20H14F4O2/c1-25-13-7-3-11(4-8-13)15-17(21)19(23)16(20(24)18(15)22)12-5-9-14(26-2)10-6-12/h3-10H,1-2H3. The SMILES string of the molecule is COc1ccc(-c2c(F)c(F)c(-c3ccc(OC)cc3)c(F)c2F)cc1. The van der Waals surface area contributed by atoms with Crippen molar-refractivity contribution < 1.29 is 27.0 Å². The van der Waals surface area contributed by atoms with Gasteiger partial charge in [0.05, 0.1) is 25.3 Å². The quantitative estimate of drug-likeness (QED) is 0.445. The molecule has 0 saturated heterocycles. The molecule has 0 atom stereocenters. The van der Waals surface area contributed by atoms with E-state index in [-0.39, 0.29) is 11.1 Å². The monoisotopic (exact) mass is 362 g/mol.